The van der Waals surface area contributed by atoms with Crippen LogP contribution in [0.3, 0.4) is 0 Å². The molecule has 0 aliphatic heterocycles. The van der Waals surface area contributed by atoms with Crippen molar-refractivity contribution in [2.75, 3.05) is 12.4 Å². The minimum absolute atomic E-state index is 0.00357. The quantitative estimate of drug-likeness (QED) is 0.605. The Labute approximate surface area is 97.8 Å². The molecule has 0 amide bonds. The molecular weight excluding hydrogens is 228 g/mol. The van der Waals surface area contributed by atoms with Crippen LogP contribution in [0.4, 0.5) is 0 Å². The molecule has 0 atom stereocenters. The van der Waals surface area contributed by atoms with Gasteiger partial charge in [0.25, 0.3) is 0 Å². The third-order valence-electron chi connectivity index (χ3n) is 2.68. The van der Waals surface area contributed by atoms with E-state index in [-0.39, 0.29) is 6.61 Å². The van der Waals surface area contributed by atoms with Crippen molar-refractivity contribution in [1.29, 1.82) is 0 Å². The number of halogens is 1. The molecule has 0 saturated carbocycles. The van der Waals surface area contributed by atoms with E-state index in [0.717, 1.165) is 16.8 Å². The van der Waals surface area contributed by atoms with Crippen molar-refractivity contribution in [2.24, 2.45) is 0 Å². The number of hydrogen-bond acceptors (Lipinski definition) is 4. The number of aryl methyl sites for hydroxylation is 2. The molecule has 2 heterocycles. The first-order valence-electron chi connectivity index (χ1n) is 4.96. The van der Waals surface area contributed by atoms with Crippen LogP contribution in [0.15, 0.2) is 0 Å². The van der Waals surface area contributed by atoms with Crippen LogP contribution in [0.1, 0.15) is 17.1 Å². The smallest absolute Gasteiger partial charge is 0.157 e. The Balaban J connectivity index is 2.80. The lowest BCUT2D eigenvalue weighted by atomic mass is 10.2. The van der Waals surface area contributed by atoms with Gasteiger partial charge < -0.3 is 10.9 Å². The number of rotatable bonds is 2. The lowest BCUT2D eigenvalue weighted by Crippen LogP contribution is -2.14. The number of hydrogen-bond donors (Lipinski definition) is 2. The van der Waals surface area contributed by atoms with Crippen molar-refractivity contribution in [3.63, 3.8) is 0 Å². The van der Waals surface area contributed by atoms with Gasteiger partial charge in [-0.3, -0.25) is 0 Å². The minimum Gasteiger partial charge on any atom is -0.396 e. The summed E-state index contributed by atoms with van der Waals surface area (Å²) in [5.74, 6) is 6.53. The summed E-state index contributed by atoms with van der Waals surface area (Å²) in [7, 11) is 0. The summed E-state index contributed by atoms with van der Waals surface area (Å²) in [6.45, 7) is 3.80. The maximum absolute atomic E-state index is 8.90. The summed E-state index contributed by atoms with van der Waals surface area (Å²) in [4.78, 5) is 8.47. The molecule has 0 aliphatic rings. The number of aromatic nitrogens is 3. The molecule has 0 fully saturated rings. The first-order valence-corrected chi connectivity index (χ1v) is 5.34. The highest BCUT2D eigenvalue weighted by Gasteiger charge is 2.15. The van der Waals surface area contributed by atoms with Crippen LogP contribution in [-0.4, -0.2) is 26.4 Å². The fourth-order valence-corrected chi connectivity index (χ4v) is 1.97. The van der Waals surface area contributed by atoms with Gasteiger partial charge in [-0.05, 0) is 19.4 Å². The van der Waals surface area contributed by atoms with E-state index in [0.29, 0.717) is 22.9 Å². The highest BCUT2D eigenvalue weighted by molar-refractivity contribution is 6.33. The zero-order chi connectivity index (χ0) is 11.9. The van der Waals surface area contributed by atoms with E-state index in [9.17, 15) is 0 Å². The third kappa shape index (κ3) is 1.52. The molecule has 0 saturated heterocycles. The molecule has 86 valence electrons. The normalized spacial score (nSPS) is 11.2. The fourth-order valence-electron chi connectivity index (χ4n) is 1.71. The third-order valence-corrected chi connectivity index (χ3v) is 2.94. The van der Waals surface area contributed by atoms with Gasteiger partial charge in [-0.2, -0.15) is 0 Å². The zero-order valence-electron chi connectivity index (χ0n) is 9.16. The molecule has 0 bridgehead atoms. The predicted molar refractivity (Wildman–Crippen MR) is 63.0 cm³/mol. The number of fused-ring (bicyclic) bond motifs is 1. The van der Waals surface area contributed by atoms with Crippen LogP contribution in [0.5, 0.6) is 0 Å². The summed E-state index contributed by atoms with van der Waals surface area (Å²) in [6, 6.07) is 0. The average molecular weight is 241 g/mol. The van der Waals surface area contributed by atoms with Gasteiger partial charge in [0.15, 0.2) is 5.15 Å². The van der Waals surface area contributed by atoms with Crippen molar-refractivity contribution >= 4 is 22.6 Å². The highest BCUT2D eigenvalue weighted by Crippen LogP contribution is 2.25. The number of aliphatic hydroxyl groups is 1. The largest absolute Gasteiger partial charge is 0.396 e. The lowest BCUT2D eigenvalue weighted by molar-refractivity contribution is 0.296. The van der Waals surface area contributed by atoms with Gasteiger partial charge in [0.2, 0.25) is 0 Å². The van der Waals surface area contributed by atoms with Gasteiger partial charge in [0.05, 0.1) is 12.1 Å². The van der Waals surface area contributed by atoms with Crippen molar-refractivity contribution < 1.29 is 5.11 Å². The molecule has 6 heteroatoms. The molecule has 0 radical (unpaired) electrons. The topological polar surface area (TPSA) is 77.0 Å². The molecular formula is C10H13ClN4O. The molecule has 0 spiro atoms. The van der Waals surface area contributed by atoms with Gasteiger partial charge in [-0.15, -0.1) is 0 Å². The van der Waals surface area contributed by atoms with E-state index in [1.807, 2.05) is 13.8 Å². The van der Waals surface area contributed by atoms with Gasteiger partial charge in [-0.1, -0.05) is 11.6 Å². The second kappa shape index (κ2) is 3.92. The van der Waals surface area contributed by atoms with Crippen LogP contribution >= 0.6 is 11.6 Å². The molecule has 3 N–H and O–H groups in total. The average Bonchev–Trinajstić information content (AvgIpc) is 2.55. The summed E-state index contributed by atoms with van der Waals surface area (Å²) >= 11 is 6.01. The maximum Gasteiger partial charge on any atom is 0.157 e. The Kier molecular flexibility index (Phi) is 2.73. The van der Waals surface area contributed by atoms with Crippen molar-refractivity contribution in [2.45, 2.75) is 20.3 Å². The Morgan fingerprint density at radius 2 is 2.06 bits per heavy atom. The summed E-state index contributed by atoms with van der Waals surface area (Å²) in [5.41, 5.74) is 3.16. The Hall–Kier alpha value is -1.33. The monoisotopic (exact) mass is 240 g/mol. The number of aliphatic hydroxyl groups excluding tert-OH is 1. The van der Waals surface area contributed by atoms with Crippen LogP contribution in [0, 0.1) is 13.8 Å². The van der Waals surface area contributed by atoms with Crippen LogP contribution in [0.2, 0.25) is 5.15 Å². The first kappa shape index (κ1) is 11.2. The Morgan fingerprint density at radius 1 is 1.38 bits per heavy atom. The molecule has 5 nitrogen and oxygen atoms in total. The molecule has 2 rings (SSSR count). The molecule has 0 aliphatic carbocycles. The predicted octanol–water partition coefficient (Wildman–Crippen LogP) is 0.950. The summed E-state index contributed by atoms with van der Waals surface area (Å²) < 4.78 is 1.47. The second-order valence-electron chi connectivity index (χ2n) is 3.68. The molecule has 0 unspecified atom stereocenters. The van der Waals surface area contributed by atoms with Crippen molar-refractivity contribution in [3.05, 3.63) is 22.2 Å². The minimum atomic E-state index is 0.00357. The number of nitrogens with two attached hydrogens (primary N) is 1. The van der Waals surface area contributed by atoms with Crippen LogP contribution in [-0.2, 0) is 6.42 Å². The SMILES string of the molecule is Cc1nc(Cl)c2nc(CCO)n(N)c2c1C. The molecule has 2 aromatic heterocycles. The molecule has 2 aromatic rings. The lowest BCUT2D eigenvalue weighted by Gasteiger charge is -2.05. The fraction of sp³-hybridized carbons (Fsp3) is 0.400. The van der Waals surface area contributed by atoms with Crippen molar-refractivity contribution in [3.8, 4) is 0 Å². The van der Waals surface area contributed by atoms with Gasteiger partial charge >= 0.3 is 0 Å². The van der Waals surface area contributed by atoms with Gasteiger partial charge in [0, 0.05) is 12.1 Å². The van der Waals surface area contributed by atoms with Gasteiger partial charge in [-0.25, -0.2) is 14.6 Å². The standard InChI is InChI=1S/C10H13ClN4O/c1-5-6(2)13-10(11)8-9(5)15(12)7(14-8)3-4-16/h16H,3-4,12H2,1-2H3. The maximum atomic E-state index is 8.90. The van der Waals surface area contributed by atoms with E-state index in [4.69, 9.17) is 22.6 Å². The van der Waals surface area contributed by atoms with Gasteiger partial charge in [0.1, 0.15) is 11.3 Å². The van der Waals surface area contributed by atoms with E-state index >= 15 is 0 Å². The van der Waals surface area contributed by atoms with E-state index in [1.54, 1.807) is 0 Å². The molecule has 16 heavy (non-hydrogen) atoms. The van der Waals surface area contributed by atoms with Crippen LogP contribution < -0.4 is 5.84 Å². The number of nitrogen functional groups attached to an aromatic ring is 1. The second-order valence-corrected chi connectivity index (χ2v) is 4.04. The summed E-state index contributed by atoms with van der Waals surface area (Å²) in [5, 5.41) is 9.25. The number of imidazole rings is 1. The van der Waals surface area contributed by atoms with E-state index < -0.39 is 0 Å². The zero-order valence-corrected chi connectivity index (χ0v) is 9.91. The highest BCUT2D eigenvalue weighted by atomic mass is 35.5. The Morgan fingerprint density at radius 3 is 2.69 bits per heavy atom. The van der Waals surface area contributed by atoms with Crippen molar-refractivity contribution in [1.82, 2.24) is 14.6 Å². The Bertz CT molecular complexity index is 549. The van der Waals surface area contributed by atoms with Crippen LogP contribution in [0.25, 0.3) is 11.0 Å². The van der Waals surface area contributed by atoms with E-state index in [2.05, 4.69) is 9.97 Å². The van der Waals surface area contributed by atoms with E-state index in [1.165, 1.54) is 4.68 Å². The first-order chi connectivity index (χ1) is 7.56. The molecule has 0 aromatic carbocycles. The number of nitrogens with zero attached hydrogens (tertiary/aromatic N) is 3. The summed E-state index contributed by atoms with van der Waals surface area (Å²) in [6.07, 6.45) is 0.403. The number of pyridine rings is 1.